The highest BCUT2D eigenvalue weighted by atomic mass is 32.2. The molecule has 1 amide bonds. The van der Waals surface area contributed by atoms with Gasteiger partial charge in [-0.2, -0.15) is 0 Å². The van der Waals surface area contributed by atoms with E-state index in [0.717, 1.165) is 0 Å². The molecule has 0 unspecified atom stereocenters. The summed E-state index contributed by atoms with van der Waals surface area (Å²) >= 11 is 0.177. The molecule has 0 aromatic rings. The van der Waals surface area contributed by atoms with Crippen molar-refractivity contribution in [3.05, 3.63) is 0 Å². The van der Waals surface area contributed by atoms with Crippen LogP contribution in [-0.4, -0.2) is 21.2 Å². The molecule has 0 aromatic carbocycles. The van der Waals surface area contributed by atoms with Gasteiger partial charge in [-0.25, -0.2) is 0 Å². The molecule has 0 rings (SSSR count). The van der Waals surface area contributed by atoms with E-state index in [2.05, 4.69) is 0 Å². The molecule has 0 atom stereocenters. The van der Waals surface area contributed by atoms with Gasteiger partial charge in [0.1, 0.15) is 17.8 Å². The van der Waals surface area contributed by atoms with Crippen molar-refractivity contribution in [2.45, 2.75) is 19.4 Å². The third-order valence-electron chi connectivity index (χ3n) is 0.694. The quantitative estimate of drug-likeness (QED) is 0.383. The maximum absolute atomic E-state index is 10.5. The van der Waals surface area contributed by atoms with Gasteiger partial charge in [0.15, 0.2) is 0 Å². The molecule has 0 saturated heterocycles. The summed E-state index contributed by atoms with van der Waals surface area (Å²) < 4.78 is 10.0. The van der Waals surface area contributed by atoms with E-state index in [0.29, 0.717) is 0 Å². The molecular formula is C4H9NO3S. The van der Waals surface area contributed by atoms with Crippen molar-refractivity contribution in [2.24, 2.45) is 0 Å². The molecule has 0 aliphatic heterocycles. The summed E-state index contributed by atoms with van der Waals surface area (Å²) in [6.07, 6.45) is 0. The van der Waals surface area contributed by atoms with E-state index in [-0.39, 0.29) is 12.2 Å². The van der Waals surface area contributed by atoms with E-state index in [9.17, 15) is 4.79 Å². The molecule has 0 spiro atoms. The Morgan fingerprint density at radius 3 is 2.22 bits per heavy atom. The van der Waals surface area contributed by atoms with E-state index in [1.807, 2.05) is 4.72 Å². The minimum atomic E-state index is -1.42. The Kier molecular flexibility index (Phi) is 2.96. The number of nitrogens with one attached hydrogen (secondary N) is 1. The number of aliphatic hydroxyl groups is 1. The van der Waals surface area contributed by atoms with Crippen molar-refractivity contribution in [1.82, 2.24) is 4.72 Å². The Labute approximate surface area is 57.6 Å². The van der Waals surface area contributed by atoms with Crippen LogP contribution in [0.25, 0.3) is 0 Å². The number of carbonyl (C=O) groups is 1. The van der Waals surface area contributed by atoms with Crippen LogP contribution in [0.15, 0.2) is 0 Å². The fourth-order valence-electron chi connectivity index (χ4n) is 0.166. The van der Waals surface area contributed by atoms with Crippen LogP contribution < -0.4 is 4.72 Å². The van der Waals surface area contributed by atoms with E-state index >= 15 is 0 Å². The number of carbonyl (C=O) groups excluding carboxylic acids is 1. The summed E-state index contributed by atoms with van der Waals surface area (Å²) in [6, 6.07) is 0. The Balaban J connectivity index is 3.74. The molecule has 0 aliphatic rings. The first kappa shape index (κ1) is 8.74. The van der Waals surface area contributed by atoms with Crippen molar-refractivity contribution >= 4 is 18.1 Å². The maximum Gasteiger partial charge on any atom is 0.262 e. The molecule has 54 valence electrons. The molecule has 0 aliphatic carbocycles. The summed E-state index contributed by atoms with van der Waals surface area (Å²) in [4.78, 5) is 10.5. The first-order chi connectivity index (χ1) is 3.98. The smallest absolute Gasteiger partial charge is 0.262 e. The minimum Gasteiger partial charge on any atom is -0.381 e. The van der Waals surface area contributed by atoms with E-state index < -0.39 is 11.5 Å². The zero-order chi connectivity index (χ0) is 7.49. The lowest BCUT2D eigenvalue weighted by atomic mass is 10.1. The predicted octanol–water partition coefficient (Wildman–Crippen LogP) is -0.00530. The average Bonchev–Trinajstić information content (AvgIpc) is 1.64. The van der Waals surface area contributed by atoms with E-state index in [1.54, 1.807) is 0 Å². The summed E-state index contributed by atoms with van der Waals surface area (Å²) in [6.45, 7) is 2.66. The summed E-state index contributed by atoms with van der Waals surface area (Å²) in [5.41, 5.74) is -1.42. The van der Waals surface area contributed by atoms with Crippen molar-refractivity contribution in [3.8, 4) is 0 Å². The van der Waals surface area contributed by atoms with Crippen LogP contribution in [0.5, 0.6) is 0 Å². The van der Waals surface area contributed by atoms with Gasteiger partial charge < -0.3 is 9.66 Å². The van der Waals surface area contributed by atoms with Crippen LogP contribution >= 0.6 is 12.2 Å². The standard InChI is InChI=1S/C4H9NO3S/c1-4(2,7)3(6)5-9-8/h7-8H,1-2H3,(H,5,6). The molecule has 0 radical (unpaired) electrons. The molecule has 0 fully saturated rings. The molecule has 3 N–H and O–H groups in total. The zero-order valence-electron chi connectivity index (χ0n) is 5.21. The molecule has 4 nitrogen and oxygen atoms in total. The highest BCUT2D eigenvalue weighted by Crippen LogP contribution is 2.01. The topological polar surface area (TPSA) is 69.6 Å². The molecule has 0 aromatic heterocycles. The monoisotopic (exact) mass is 151 g/mol. The summed E-state index contributed by atoms with van der Waals surface area (Å²) in [5.74, 6) is -0.616. The minimum absolute atomic E-state index is 0.177. The summed E-state index contributed by atoms with van der Waals surface area (Å²) in [5, 5.41) is 8.88. The maximum atomic E-state index is 10.5. The molecule has 5 heteroatoms. The van der Waals surface area contributed by atoms with E-state index in [4.69, 9.17) is 9.66 Å². The Hall–Kier alpha value is -0.260. The van der Waals surface area contributed by atoms with E-state index in [1.165, 1.54) is 13.8 Å². The fourth-order valence-corrected chi connectivity index (χ4v) is 0.499. The molecule has 0 saturated carbocycles. The van der Waals surface area contributed by atoms with Crippen LogP contribution in [0.1, 0.15) is 13.8 Å². The van der Waals surface area contributed by atoms with Gasteiger partial charge in [0.05, 0.1) is 0 Å². The summed E-state index contributed by atoms with van der Waals surface area (Å²) in [7, 11) is 0. The average molecular weight is 151 g/mol. The lowest BCUT2D eigenvalue weighted by Gasteiger charge is -2.13. The largest absolute Gasteiger partial charge is 0.381 e. The first-order valence-electron chi connectivity index (χ1n) is 2.31. The third-order valence-corrected chi connectivity index (χ3v) is 0.971. The number of amides is 1. The van der Waals surface area contributed by atoms with Crippen LogP contribution in [0.4, 0.5) is 0 Å². The van der Waals surface area contributed by atoms with Gasteiger partial charge in [-0.05, 0) is 13.8 Å². The molecule has 9 heavy (non-hydrogen) atoms. The normalized spacial score (nSPS) is 11.1. The highest BCUT2D eigenvalue weighted by Gasteiger charge is 2.22. The van der Waals surface area contributed by atoms with Crippen molar-refractivity contribution < 1.29 is 14.5 Å². The van der Waals surface area contributed by atoms with Crippen molar-refractivity contribution in [2.75, 3.05) is 0 Å². The molecular weight excluding hydrogens is 142 g/mol. The third kappa shape index (κ3) is 3.34. The lowest BCUT2D eigenvalue weighted by molar-refractivity contribution is -0.134. The number of rotatable bonds is 2. The Bertz CT molecular complexity index is 109. The molecule has 0 bridgehead atoms. The second-order valence-corrected chi connectivity index (χ2v) is 2.47. The van der Waals surface area contributed by atoms with Gasteiger partial charge in [0.25, 0.3) is 5.91 Å². The second kappa shape index (κ2) is 3.05. The second-order valence-electron chi connectivity index (χ2n) is 2.08. The fraction of sp³-hybridized carbons (Fsp3) is 0.750. The van der Waals surface area contributed by atoms with Gasteiger partial charge in [-0.1, -0.05) is 0 Å². The van der Waals surface area contributed by atoms with Crippen LogP contribution in [-0.2, 0) is 4.79 Å². The van der Waals surface area contributed by atoms with Gasteiger partial charge in [0, 0.05) is 0 Å². The lowest BCUT2D eigenvalue weighted by Crippen LogP contribution is -2.38. The Morgan fingerprint density at radius 2 is 2.11 bits per heavy atom. The van der Waals surface area contributed by atoms with Gasteiger partial charge in [-0.15, -0.1) is 0 Å². The van der Waals surface area contributed by atoms with Crippen LogP contribution in [0.3, 0.4) is 0 Å². The number of hydrogen-bond acceptors (Lipinski definition) is 4. The molecule has 0 heterocycles. The van der Waals surface area contributed by atoms with Crippen molar-refractivity contribution in [3.63, 3.8) is 0 Å². The van der Waals surface area contributed by atoms with Crippen LogP contribution in [0.2, 0.25) is 0 Å². The zero-order valence-corrected chi connectivity index (χ0v) is 6.03. The van der Waals surface area contributed by atoms with Gasteiger partial charge in [0.2, 0.25) is 0 Å². The SMILES string of the molecule is CC(C)(O)C(=O)NSO. The van der Waals surface area contributed by atoms with Gasteiger partial charge in [-0.3, -0.25) is 9.52 Å². The number of hydrogen-bond donors (Lipinski definition) is 3. The highest BCUT2D eigenvalue weighted by molar-refractivity contribution is 7.92. The van der Waals surface area contributed by atoms with Gasteiger partial charge >= 0.3 is 0 Å². The Morgan fingerprint density at radius 1 is 1.67 bits per heavy atom. The first-order valence-corrected chi connectivity index (χ1v) is 3.09. The van der Waals surface area contributed by atoms with Crippen molar-refractivity contribution in [1.29, 1.82) is 0 Å². The predicted molar refractivity (Wildman–Crippen MR) is 34.7 cm³/mol. The van der Waals surface area contributed by atoms with Crippen LogP contribution in [0, 0.1) is 0 Å².